The number of carbonyl (C=O) groups is 1. The van der Waals surface area contributed by atoms with Crippen molar-refractivity contribution in [3.8, 4) is 0 Å². The molecule has 0 fully saturated rings. The lowest BCUT2D eigenvalue weighted by molar-refractivity contribution is -0.110. The van der Waals surface area contributed by atoms with Crippen LogP contribution in [-0.2, 0) is 22.7 Å². The van der Waals surface area contributed by atoms with Crippen molar-refractivity contribution in [1.29, 1.82) is 0 Å². The van der Waals surface area contributed by atoms with Crippen LogP contribution in [0.5, 0.6) is 0 Å². The Labute approximate surface area is 215 Å². The number of hydrogen-bond acceptors (Lipinski definition) is 4. The zero-order valence-electron chi connectivity index (χ0n) is 20.4. The van der Waals surface area contributed by atoms with Crippen LogP contribution >= 0.6 is 0 Å². The summed E-state index contributed by atoms with van der Waals surface area (Å²) in [7, 11) is 0. The number of pyridine rings is 1. The second kappa shape index (κ2) is 11.4. The van der Waals surface area contributed by atoms with Gasteiger partial charge < -0.3 is 14.6 Å². The van der Waals surface area contributed by atoms with Crippen LogP contribution in [0.2, 0.25) is 0 Å². The number of carbonyl (C=O) groups excluding carboxylic acids is 1. The normalized spacial score (nSPS) is 12.8. The Kier molecular flexibility index (Phi) is 8.05. The summed E-state index contributed by atoms with van der Waals surface area (Å²) in [5, 5.41) is 5.98. The van der Waals surface area contributed by atoms with Gasteiger partial charge in [0.2, 0.25) is 0 Å². The number of rotatable bonds is 9. The van der Waals surface area contributed by atoms with Gasteiger partial charge in [-0.2, -0.15) is 0 Å². The molecule has 0 radical (unpaired) electrons. The van der Waals surface area contributed by atoms with E-state index in [1.165, 1.54) is 10.8 Å². The number of fused-ring (bicyclic) bond motifs is 1. The Balaban J connectivity index is 0.00000267. The molecule has 3 aromatic rings. The summed E-state index contributed by atoms with van der Waals surface area (Å²) in [6.45, 7) is 4.47. The topological polar surface area (TPSA) is 72.4 Å². The first-order chi connectivity index (χ1) is 17.7. The number of amides is 1. The SMILES string of the molecule is CC(C)=C1C(=O)Nc2cc(/C=C/CNCOCc3cccn(Cc4cc(F)c(F)c(F)c4)c3=O)ccc21.[HH].[HH]. The minimum Gasteiger partial charge on any atom is -0.361 e. The van der Waals surface area contributed by atoms with Gasteiger partial charge in [-0.05, 0) is 55.3 Å². The number of nitrogens with zero attached hydrogens (tertiary/aromatic N) is 1. The highest BCUT2D eigenvalue weighted by Gasteiger charge is 2.24. The summed E-state index contributed by atoms with van der Waals surface area (Å²) in [5.41, 5.74) is 4.47. The predicted octanol–water partition coefficient (Wildman–Crippen LogP) is 5.33. The van der Waals surface area contributed by atoms with Crippen molar-refractivity contribution in [2.24, 2.45) is 0 Å². The Morgan fingerprint density at radius 1 is 1.11 bits per heavy atom. The average Bonchev–Trinajstić information content (AvgIpc) is 3.19. The molecule has 0 saturated carbocycles. The summed E-state index contributed by atoms with van der Waals surface area (Å²) in [6.07, 6.45) is 5.33. The second-order valence-corrected chi connectivity index (χ2v) is 8.82. The van der Waals surface area contributed by atoms with Crippen LogP contribution in [0.4, 0.5) is 18.9 Å². The molecular formula is C28H30F3N3O3. The van der Waals surface area contributed by atoms with E-state index in [0.29, 0.717) is 17.7 Å². The van der Waals surface area contributed by atoms with E-state index in [4.69, 9.17) is 4.74 Å². The van der Waals surface area contributed by atoms with Crippen molar-refractivity contribution < 1.29 is 25.6 Å². The Bertz CT molecular complexity index is 1440. The van der Waals surface area contributed by atoms with Crippen LogP contribution in [0.1, 0.15) is 39.0 Å². The molecule has 0 spiro atoms. The molecule has 0 bridgehead atoms. The van der Waals surface area contributed by atoms with Crippen molar-refractivity contribution in [2.45, 2.75) is 27.0 Å². The first-order valence-corrected chi connectivity index (χ1v) is 11.6. The summed E-state index contributed by atoms with van der Waals surface area (Å²) < 4.78 is 46.9. The first-order valence-electron chi connectivity index (χ1n) is 11.6. The summed E-state index contributed by atoms with van der Waals surface area (Å²) in [4.78, 5) is 24.8. The van der Waals surface area contributed by atoms with Gasteiger partial charge in [-0.25, -0.2) is 13.2 Å². The molecule has 0 saturated heterocycles. The van der Waals surface area contributed by atoms with E-state index in [0.717, 1.165) is 34.5 Å². The zero-order chi connectivity index (χ0) is 26.5. The van der Waals surface area contributed by atoms with Gasteiger partial charge in [0, 0.05) is 38.0 Å². The van der Waals surface area contributed by atoms with Gasteiger partial charge in [0.25, 0.3) is 11.5 Å². The largest absolute Gasteiger partial charge is 0.361 e. The van der Waals surface area contributed by atoms with Crippen LogP contribution in [0.3, 0.4) is 0 Å². The molecule has 1 aromatic heterocycles. The zero-order valence-corrected chi connectivity index (χ0v) is 20.4. The van der Waals surface area contributed by atoms with E-state index >= 15 is 0 Å². The molecule has 0 unspecified atom stereocenters. The lowest BCUT2D eigenvalue weighted by Gasteiger charge is -2.10. The van der Waals surface area contributed by atoms with E-state index in [1.54, 1.807) is 12.1 Å². The van der Waals surface area contributed by atoms with Crippen molar-refractivity contribution in [3.63, 3.8) is 0 Å². The van der Waals surface area contributed by atoms with Gasteiger partial charge in [0.1, 0.15) is 0 Å². The fourth-order valence-corrected chi connectivity index (χ4v) is 4.08. The molecule has 0 aliphatic carbocycles. The maximum absolute atomic E-state index is 13.5. The van der Waals surface area contributed by atoms with Gasteiger partial charge in [0.05, 0.1) is 19.9 Å². The molecule has 6 nitrogen and oxygen atoms in total. The molecule has 4 rings (SSSR count). The quantitative estimate of drug-likeness (QED) is 0.176. The number of aromatic nitrogens is 1. The molecule has 9 heteroatoms. The second-order valence-electron chi connectivity index (χ2n) is 8.82. The van der Waals surface area contributed by atoms with Crippen LogP contribution in [0.15, 0.2) is 65.1 Å². The molecule has 2 heterocycles. The van der Waals surface area contributed by atoms with Gasteiger partial charge in [0.15, 0.2) is 17.5 Å². The summed E-state index contributed by atoms with van der Waals surface area (Å²) in [6, 6.07) is 10.8. The minimum atomic E-state index is -1.54. The van der Waals surface area contributed by atoms with Crippen molar-refractivity contribution in [1.82, 2.24) is 9.88 Å². The number of allylic oxidation sites excluding steroid dienone is 1. The fraction of sp³-hybridized carbons (Fsp3) is 0.214. The third-order valence-electron chi connectivity index (χ3n) is 5.82. The number of anilines is 1. The first kappa shape index (κ1) is 26.1. The van der Waals surface area contributed by atoms with Crippen LogP contribution in [0, 0.1) is 17.5 Å². The average molecular weight is 514 g/mol. The molecule has 196 valence electrons. The van der Waals surface area contributed by atoms with Crippen LogP contribution in [-0.4, -0.2) is 23.7 Å². The molecule has 2 aromatic carbocycles. The third-order valence-corrected chi connectivity index (χ3v) is 5.82. The molecular weight excluding hydrogens is 483 g/mol. The molecule has 37 heavy (non-hydrogen) atoms. The predicted molar refractivity (Wildman–Crippen MR) is 140 cm³/mol. The number of halogens is 3. The molecule has 1 aliphatic rings. The lowest BCUT2D eigenvalue weighted by Crippen LogP contribution is -2.25. The molecule has 1 aliphatic heterocycles. The molecule has 2 N–H and O–H groups in total. The Morgan fingerprint density at radius 2 is 1.86 bits per heavy atom. The third kappa shape index (κ3) is 6.07. The van der Waals surface area contributed by atoms with Crippen LogP contribution < -0.4 is 16.2 Å². The monoisotopic (exact) mass is 513 g/mol. The van der Waals surface area contributed by atoms with E-state index in [-0.39, 0.29) is 39.8 Å². The van der Waals surface area contributed by atoms with Gasteiger partial charge >= 0.3 is 0 Å². The maximum atomic E-state index is 13.5. The highest BCUT2D eigenvalue weighted by Crippen LogP contribution is 2.34. The standard InChI is InChI=1S/C28H26F3N3O3.2H2/c1-17(2)25-21-8-7-18(13-24(21)33-27(25)35)5-3-9-32-16-37-15-20-6-4-10-34(28(20)36)14-19-11-22(29)26(31)23(30)12-19;;/h3-8,10-13,32H,9,14-16H2,1-2H3,(H,33,35);2*1H/b5-3+;;. The minimum absolute atomic E-state index is 0. The van der Waals surface area contributed by atoms with Gasteiger partial charge in [-0.15, -0.1) is 0 Å². The number of ether oxygens (including phenoxy) is 1. The van der Waals surface area contributed by atoms with E-state index in [2.05, 4.69) is 10.6 Å². The number of nitrogens with one attached hydrogen (secondary N) is 2. The number of hydrogen-bond donors (Lipinski definition) is 2. The van der Waals surface area contributed by atoms with E-state index < -0.39 is 17.5 Å². The maximum Gasteiger partial charge on any atom is 0.256 e. The highest BCUT2D eigenvalue weighted by molar-refractivity contribution is 6.32. The fourth-order valence-electron chi connectivity index (χ4n) is 4.08. The summed E-state index contributed by atoms with van der Waals surface area (Å²) >= 11 is 0. The van der Waals surface area contributed by atoms with E-state index in [9.17, 15) is 22.8 Å². The van der Waals surface area contributed by atoms with Gasteiger partial charge in [-0.3, -0.25) is 14.9 Å². The number of benzene rings is 2. The summed E-state index contributed by atoms with van der Waals surface area (Å²) in [5.74, 6) is -4.23. The van der Waals surface area contributed by atoms with Crippen molar-refractivity contribution in [2.75, 3.05) is 18.6 Å². The van der Waals surface area contributed by atoms with Crippen LogP contribution in [0.25, 0.3) is 11.6 Å². The van der Waals surface area contributed by atoms with Crippen molar-refractivity contribution in [3.05, 3.63) is 110 Å². The lowest BCUT2D eigenvalue weighted by atomic mass is 10.0. The Hall–Kier alpha value is -3.95. The van der Waals surface area contributed by atoms with E-state index in [1.807, 2.05) is 44.2 Å². The highest BCUT2D eigenvalue weighted by atomic mass is 19.2. The smallest absolute Gasteiger partial charge is 0.256 e. The molecule has 1 amide bonds. The van der Waals surface area contributed by atoms with Crippen molar-refractivity contribution >= 4 is 23.2 Å². The van der Waals surface area contributed by atoms with Gasteiger partial charge in [-0.1, -0.05) is 29.9 Å². The molecule has 0 atom stereocenters. The Morgan fingerprint density at radius 3 is 2.59 bits per heavy atom.